The summed E-state index contributed by atoms with van der Waals surface area (Å²) < 4.78 is 29.5. The maximum atomic E-state index is 14.7. The van der Waals surface area contributed by atoms with E-state index >= 15 is 0 Å². The van der Waals surface area contributed by atoms with Crippen LogP contribution in [0.15, 0.2) is 61.2 Å². The molecule has 2 N–H and O–H groups in total. The van der Waals surface area contributed by atoms with E-state index in [1.165, 1.54) is 28.7 Å². The predicted molar refractivity (Wildman–Crippen MR) is 119 cm³/mol. The van der Waals surface area contributed by atoms with Crippen molar-refractivity contribution in [2.45, 2.75) is 32.0 Å². The number of hydrogen-bond donors (Lipinski definition) is 2. The molecule has 0 saturated carbocycles. The van der Waals surface area contributed by atoms with Crippen LogP contribution in [0, 0.1) is 18.6 Å². The highest BCUT2D eigenvalue weighted by molar-refractivity contribution is 7.17. The number of carbonyl (C=O) groups is 1. The second-order valence-electron chi connectivity index (χ2n) is 7.64. The van der Waals surface area contributed by atoms with E-state index in [4.69, 9.17) is 0 Å². The summed E-state index contributed by atoms with van der Waals surface area (Å²) >= 11 is 1.22. The van der Waals surface area contributed by atoms with Crippen LogP contribution < -0.4 is 5.32 Å². The first-order valence-electron chi connectivity index (χ1n) is 10.1. The van der Waals surface area contributed by atoms with Gasteiger partial charge in [-0.3, -0.25) is 4.79 Å². The number of nitrogens with one attached hydrogen (secondary N) is 1. The lowest BCUT2D eigenvalue weighted by molar-refractivity contribution is -0.0185. The molecule has 0 aliphatic carbocycles. The van der Waals surface area contributed by atoms with Crippen LogP contribution in [0.25, 0.3) is 10.6 Å². The fourth-order valence-electron chi connectivity index (χ4n) is 3.55. The molecule has 0 spiro atoms. The number of amides is 1. The number of aliphatic hydroxyl groups is 1. The molecular weight excluding hydrogens is 448 g/mol. The van der Waals surface area contributed by atoms with Crippen LogP contribution in [0.1, 0.15) is 27.9 Å². The lowest BCUT2D eigenvalue weighted by Gasteiger charge is -2.35. The van der Waals surface area contributed by atoms with Crippen LogP contribution in [-0.4, -0.2) is 36.8 Å². The van der Waals surface area contributed by atoms with Gasteiger partial charge in [-0.15, -0.1) is 11.3 Å². The number of thiazole rings is 1. The third-order valence-corrected chi connectivity index (χ3v) is 6.56. The van der Waals surface area contributed by atoms with E-state index in [0.717, 1.165) is 17.7 Å². The topological polar surface area (TPSA) is 92.9 Å². The van der Waals surface area contributed by atoms with Gasteiger partial charge in [0.2, 0.25) is 0 Å². The lowest BCUT2D eigenvalue weighted by Crippen LogP contribution is -2.51. The molecule has 0 bridgehead atoms. The number of aryl methyl sites for hydroxylation is 1. The molecule has 2 heterocycles. The molecule has 33 heavy (non-hydrogen) atoms. The Morgan fingerprint density at radius 2 is 2.00 bits per heavy atom. The summed E-state index contributed by atoms with van der Waals surface area (Å²) in [7, 11) is 0. The molecule has 2 atom stereocenters. The zero-order valence-corrected chi connectivity index (χ0v) is 18.7. The Labute approximate surface area is 192 Å². The molecule has 2 aromatic heterocycles. The van der Waals surface area contributed by atoms with Gasteiger partial charge in [0, 0.05) is 17.2 Å². The molecule has 0 fully saturated rings. The highest BCUT2D eigenvalue weighted by Gasteiger charge is 2.40. The van der Waals surface area contributed by atoms with Crippen LogP contribution in [0.2, 0.25) is 0 Å². The third-order valence-electron chi connectivity index (χ3n) is 5.35. The zero-order valence-electron chi connectivity index (χ0n) is 17.9. The second kappa shape index (κ2) is 9.16. The van der Waals surface area contributed by atoms with Crippen molar-refractivity contribution in [2.75, 3.05) is 0 Å². The van der Waals surface area contributed by atoms with Crippen molar-refractivity contribution in [3.8, 4) is 10.6 Å². The molecule has 10 heteroatoms. The largest absolute Gasteiger partial charge is 0.381 e. The first-order chi connectivity index (χ1) is 15.8. The molecule has 4 rings (SSSR count). The fraction of sp³-hybridized carbons (Fsp3) is 0.217. The minimum Gasteiger partial charge on any atom is -0.381 e. The summed E-state index contributed by atoms with van der Waals surface area (Å²) in [6, 6.07) is 11.4. The number of rotatable bonds is 7. The van der Waals surface area contributed by atoms with Gasteiger partial charge in [0.1, 0.15) is 39.8 Å². The summed E-state index contributed by atoms with van der Waals surface area (Å²) in [5.41, 5.74) is -0.689. The Morgan fingerprint density at radius 3 is 2.67 bits per heavy atom. The summed E-state index contributed by atoms with van der Waals surface area (Å²) in [6.07, 6.45) is 2.64. The fourth-order valence-corrected chi connectivity index (χ4v) is 4.52. The minimum absolute atomic E-state index is 0.168. The van der Waals surface area contributed by atoms with Gasteiger partial charge in [0.15, 0.2) is 0 Å². The molecule has 0 saturated heterocycles. The Morgan fingerprint density at radius 1 is 1.24 bits per heavy atom. The Bertz CT molecular complexity index is 1260. The maximum Gasteiger partial charge on any atom is 0.263 e. The van der Waals surface area contributed by atoms with E-state index in [1.54, 1.807) is 13.8 Å². The molecule has 2 aromatic carbocycles. The van der Waals surface area contributed by atoms with Gasteiger partial charge < -0.3 is 10.4 Å². The molecule has 7 nitrogen and oxygen atoms in total. The maximum absolute atomic E-state index is 14.7. The van der Waals surface area contributed by atoms with Crippen LogP contribution in [0.3, 0.4) is 0 Å². The number of halogens is 2. The highest BCUT2D eigenvalue weighted by atomic mass is 32.1. The van der Waals surface area contributed by atoms with E-state index in [9.17, 15) is 18.7 Å². The molecule has 1 amide bonds. The van der Waals surface area contributed by atoms with E-state index in [1.807, 2.05) is 30.3 Å². The van der Waals surface area contributed by atoms with Gasteiger partial charge in [-0.05, 0) is 19.9 Å². The molecule has 4 aromatic rings. The molecule has 2 unspecified atom stereocenters. The summed E-state index contributed by atoms with van der Waals surface area (Å²) in [4.78, 5) is 21.8. The number of nitrogens with zero attached hydrogens (tertiary/aromatic N) is 4. The van der Waals surface area contributed by atoms with Crippen molar-refractivity contribution in [2.24, 2.45) is 0 Å². The van der Waals surface area contributed by atoms with Gasteiger partial charge in [0.05, 0.1) is 18.3 Å². The van der Waals surface area contributed by atoms with E-state index in [2.05, 4.69) is 20.4 Å². The SMILES string of the molecule is Cc1nc(-c2ccccc2)sc1C(=O)NC(C)C(O)(Cn1cncn1)c1ccc(F)cc1F. The quantitative estimate of drug-likeness (QED) is 0.431. The zero-order chi connectivity index (χ0) is 23.6. The van der Waals surface area contributed by atoms with Gasteiger partial charge in [0.25, 0.3) is 5.91 Å². The van der Waals surface area contributed by atoms with Gasteiger partial charge in [-0.1, -0.05) is 36.4 Å². The van der Waals surface area contributed by atoms with Gasteiger partial charge in [-0.25, -0.2) is 23.4 Å². The van der Waals surface area contributed by atoms with Crippen molar-refractivity contribution < 1.29 is 18.7 Å². The minimum atomic E-state index is -1.94. The lowest BCUT2D eigenvalue weighted by atomic mass is 9.86. The summed E-state index contributed by atoms with van der Waals surface area (Å²) in [5.74, 6) is -2.16. The monoisotopic (exact) mass is 469 g/mol. The van der Waals surface area contributed by atoms with Gasteiger partial charge in [-0.2, -0.15) is 5.10 Å². The van der Waals surface area contributed by atoms with Crippen LogP contribution in [0.5, 0.6) is 0 Å². The standard InChI is InChI=1S/C23H21F2N5O2S/c1-14-20(33-22(28-14)16-6-4-3-5-7-16)21(31)29-15(2)23(32,11-30-13-26-12-27-30)18-9-8-17(24)10-19(18)25/h3-10,12-13,15,32H,11H2,1-2H3,(H,29,31). The first-order valence-corrected chi connectivity index (χ1v) is 10.9. The molecule has 0 aliphatic rings. The summed E-state index contributed by atoms with van der Waals surface area (Å²) in [5, 5.41) is 19.0. The Hall–Kier alpha value is -3.50. The first kappa shape index (κ1) is 22.7. The number of hydrogen-bond acceptors (Lipinski definition) is 6. The molecule has 0 aliphatic heterocycles. The van der Waals surface area contributed by atoms with Crippen molar-refractivity contribution in [1.29, 1.82) is 0 Å². The van der Waals surface area contributed by atoms with Crippen molar-refractivity contribution in [3.63, 3.8) is 0 Å². The second-order valence-corrected chi connectivity index (χ2v) is 8.64. The molecule has 0 radical (unpaired) electrons. The normalized spacial score (nSPS) is 14.0. The van der Waals surface area contributed by atoms with Crippen LogP contribution >= 0.6 is 11.3 Å². The van der Waals surface area contributed by atoms with Crippen molar-refractivity contribution in [1.82, 2.24) is 25.1 Å². The smallest absolute Gasteiger partial charge is 0.263 e. The van der Waals surface area contributed by atoms with E-state index in [-0.39, 0.29) is 12.1 Å². The van der Waals surface area contributed by atoms with Crippen molar-refractivity contribution >= 4 is 17.2 Å². The average Bonchev–Trinajstić information content (AvgIpc) is 3.43. The highest BCUT2D eigenvalue weighted by Crippen LogP contribution is 2.32. The van der Waals surface area contributed by atoms with Crippen LogP contribution in [-0.2, 0) is 12.1 Å². The predicted octanol–water partition coefficient (Wildman–Crippen LogP) is 3.69. The number of aromatic nitrogens is 4. The number of carbonyl (C=O) groups excluding carboxylic acids is 1. The molecular formula is C23H21F2N5O2S. The van der Waals surface area contributed by atoms with Crippen LogP contribution in [0.4, 0.5) is 8.78 Å². The molecule has 170 valence electrons. The van der Waals surface area contributed by atoms with E-state index in [0.29, 0.717) is 21.6 Å². The average molecular weight is 470 g/mol. The Balaban J connectivity index is 1.64. The number of benzene rings is 2. The van der Waals surface area contributed by atoms with E-state index < -0.39 is 29.2 Å². The Kier molecular flexibility index (Phi) is 6.30. The third kappa shape index (κ3) is 4.67. The van der Waals surface area contributed by atoms with Gasteiger partial charge >= 0.3 is 0 Å². The van der Waals surface area contributed by atoms with Crippen molar-refractivity contribution in [3.05, 3.63) is 89.0 Å². The summed E-state index contributed by atoms with van der Waals surface area (Å²) in [6.45, 7) is 3.06.